The monoisotopic (exact) mass is 344 g/mol. The van der Waals surface area contributed by atoms with E-state index >= 15 is 0 Å². The Balaban J connectivity index is 2.12. The predicted octanol–water partition coefficient (Wildman–Crippen LogP) is 2.05. The van der Waals surface area contributed by atoms with Gasteiger partial charge >= 0.3 is 5.97 Å². The minimum atomic E-state index is -1.35. The largest absolute Gasteiger partial charge is 0.477 e. The molecule has 7 nitrogen and oxygen atoms in total. The van der Waals surface area contributed by atoms with Gasteiger partial charge in [-0.15, -0.1) is 0 Å². The maximum atomic E-state index is 12.2. The van der Waals surface area contributed by atoms with Crippen LogP contribution >= 0.6 is 0 Å². The van der Waals surface area contributed by atoms with Crippen molar-refractivity contribution >= 4 is 17.6 Å². The van der Waals surface area contributed by atoms with Gasteiger partial charge < -0.3 is 15.3 Å². The first kappa shape index (κ1) is 18.3. The van der Waals surface area contributed by atoms with Gasteiger partial charge in [-0.2, -0.15) is 4.73 Å². The van der Waals surface area contributed by atoms with Gasteiger partial charge in [0, 0.05) is 11.9 Å². The van der Waals surface area contributed by atoms with Crippen LogP contribution in [0.2, 0.25) is 0 Å². The fourth-order valence-electron chi connectivity index (χ4n) is 2.39. The van der Waals surface area contributed by atoms with Gasteiger partial charge in [-0.25, -0.2) is 4.79 Å². The molecule has 0 aliphatic carbocycles. The highest BCUT2D eigenvalue weighted by atomic mass is 16.7. The third-order valence-electron chi connectivity index (χ3n) is 3.67. The summed E-state index contributed by atoms with van der Waals surface area (Å²) in [6.45, 7) is 5.52. The second-order valence-corrected chi connectivity index (χ2v) is 5.87. The number of rotatable bonds is 6. The number of carbonyl (C=O) groups is 2. The zero-order valence-electron chi connectivity index (χ0n) is 14.3. The second kappa shape index (κ2) is 7.65. The Kier molecular flexibility index (Phi) is 5.59. The van der Waals surface area contributed by atoms with E-state index in [0.717, 1.165) is 21.5 Å². The van der Waals surface area contributed by atoms with Crippen LogP contribution in [-0.4, -0.2) is 28.3 Å². The Morgan fingerprint density at radius 3 is 2.60 bits per heavy atom. The van der Waals surface area contributed by atoms with E-state index < -0.39 is 29.6 Å². The van der Waals surface area contributed by atoms with E-state index in [0.29, 0.717) is 0 Å². The first-order valence-electron chi connectivity index (χ1n) is 7.79. The van der Waals surface area contributed by atoms with E-state index in [1.54, 1.807) is 0 Å². The van der Waals surface area contributed by atoms with Gasteiger partial charge in [0.2, 0.25) is 0 Å². The first-order valence-corrected chi connectivity index (χ1v) is 7.79. The van der Waals surface area contributed by atoms with Crippen LogP contribution < -0.4 is 15.7 Å². The number of nitrogens with one attached hydrogen (secondary N) is 1. The van der Waals surface area contributed by atoms with Crippen molar-refractivity contribution in [1.29, 1.82) is 0 Å². The van der Waals surface area contributed by atoms with Crippen LogP contribution in [0, 0.1) is 6.92 Å². The molecule has 7 heteroatoms. The number of anilines is 1. The van der Waals surface area contributed by atoms with Gasteiger partial charge in [0.25, 0.3) is 11.5 Å². The average molecular weight is 344 g/mol. The van der Waals surface area contributed by atoms with Gasteiger partial charge in [0.05, 0.1) is 0 Å². The third-order valence-corrected chi connectivity index (χ3v) is 3.67. The molecule has 132 valence electrons. The summed E-state index contributed by atoms with van der Waals surface area (Å²) in [5, 5.41) is 11.7. The molecule has 2 rings (SSSR count). The number of carboxylic acid groups (broad SMARTS) is 1. The van der Waals surface area contributed by atoms with Crippen molar-refractivity contribution in [3.05, 3.63) is 63.6 Å². The molecule has 0 unspecified atom stereocenters. The standard InChI is InChI=1S/C18H20N2O5/c1-11(2)13-7-4-6-12(3)16(13)19-15(21)10-25-20-9-5-8-14(17(20)22)18(23)24/h4-9,11H,10H2,1-3H3,(H,19,21)(H,23,24). The van der Waals surface area contributed by atoms with E-state index in [1.807, 2.05) is 39.0 Å². The van der Waals surface area contributed by atoms with Crippen molar-refractivity contribution in [2.45, 2.75) is 26.7 Å². The third kappa shape index (κ3) is 4.26. The lowest BCUT2D eigenvalue weighted by atomic mass is 9.98. The molecule has 0 radical (unpaired) electrons. The SMILES string of the molecule is Cc1cccc(C(C)C)c1NC(=O)COn1cccc(C(=O)O)c1=O. The number of para-hydroxylation sites is 1. The average Bonchev–Trinajstić information content (AvgIpc) is 2.55. The van der Waals surface area contributed by atoms with E-state index in [1.165, 1.54) is 18.3 Å². The van der Waals surface area contributed by atoms with Gasteiger partial charge in [0.1, 0.15) is 5.56 Å². The maximum Gasteiger partial charge on any atom is 0.341 e. The molecule has 1 aromatic carbocycles. The van der Waals surface area contributed by atoms with Crippen LogP contribution in [0.1, 0.15) is 41.3 Å². The molecule has 2 N–H and O–H groups in total. The van der Waals surface area contributed by atoms with Crippen LogP contribution in [0.25, 0.3) is 0 Å². The lowest BCUT2D eigenvalue weighted by Gasteiger charge is -2.16. The first-order chi connectivity index (χ1) is 11.8. The molecule has 0 aliphatic rings. The molecule has 1 aromatic heterocycles. The number of benzene rings is 1. The number of aromatic nitrogens is 1. The highest BCUT2D eigenvalue weighted by molar-refractivity contribution is 5.93. The zero-order valence-corrected chi connectivity index (χ0v) is 14.3. The predicted molar refractivity (Wildman–Crippen MR) is 93.0 cm³/mol. The highest BCUT2D eigenvalue weighted by Crippen LogP contribution is 2.27. The van der Waals surface area contributed by atoms with Crippen molar-refractivity contribution in [3.8, 4) is 0 Å². The molecule has 2 aromatic rings. The quantitative estimate of drug-likeness (QED) is 0.836. The van der Waals surface area contributed by atoms with Crippen LogP contribution in [0.5, 0.6) is 0 Å². The fraction of sp³-hybridized carbons (Fsp3) is 0.278. The summed E-state index contributed by atoms with van der Waals surface area (Å²) in [5.74, 6) is -1.57. The molecule has 0 spiro atoms. The lowest BCUT2D eigenvalue weighted by Crippen LogP contribution is -2.34. The number of hydrogen-bond acceptors (Lipinski definition) is 4. The van der Waals surface area contributed by atoms with Crippen LogP contribution in [0.4, 0.5) is 5.69 Å². The van der Waals surface area contributed by atoms with Gasteiger partial charge in [-0.05, 0) is 36.1 Å². The number of hydrogen-bond donors (Lipinski definition) is 2. The molecule has 1 heterocycles. The highest BCUT2D eigenvalue weighted by Gasteiger charge is 2.14. The lowest BCUT2D eigenvalue weighted by molar-refractivity contribution is -0.120. The topological polar surface area (TPSA) is 97.6 Å². The molecular formula is C18H20N2O5. The number of nitrogens with zero attached hydrogens (tertiary/aromatic N) is 1. The van der Waals surface area contributed by atoms with Gasteiger partial charge in [-0.3, -0.25) is 9.59 Å². The minimum absolute atomic E-state index is 0.228. The molecule has 1 amide bonds. The van der Waals surface area contributed by atoms with E-state index in [4.69, 9.17) is 9.94 Å². The van der Waals surface area contributed by atoms with Gasteiger partial charge in [-0.1, -0.05) is 32.0 Å². The summed E-state index contributed by atoms with van der Waals surface area (Å²) in [5.41, 5.74) is 1.38. The van der Waals surface area contributed by atoms with Crippen molar-refractivity contribution in [2.24, 2.45) is 0 Å². The Morgan fingerprint density at radius 2 is 1.96 bits per heavy atom. The molecule has 0 saturated heterocycles. The fourth-order valence-corrected chi connectivity index (χ4v) is 2.39. The van der Waals surface area contributed by atoms with Crippen molar-refractivity contribution < 1.29 is 19.5 Å². The minimum Gasteiger partial charge on any atom is -0.477 e. The molecule has 0 bridgehead atoms. The number of carbonyl (C=O) groups excluding carboxylic acids is 1. The molecule has 0 saturated carbocycles. The summed E-state index contributed by atoms with van der Waals surface area (Å²) in [7, 11) is 0. The van der Waals surface area contributed by atoms with Crippen molar-refractivity contribution in [3.63, 3.8) is 0 Å². The number of aromatic carboxylic acids is 1. The van der Waals surface area contributed by atoms with Crippen LogP contribution in [0.15, 0.2) is 41.3 Å². The summed E-state index contributed by atoms with van der Waals surface area (Å²) in [6, 6.07) is 8.29. The summed E-state index contributed by atoms with van der Waals surface area (Å²) >= 11 is 0. The van der Waals surface area contributed by atoms with Crippen LogP contribution in [0.3, 0.4) is 0 Å². The number of carboxylic acids is 1. The van der Waals surface area contributed by atoms with E-state index in [2.05, 4.69) is 5.32 Å². The Labute approximate surface area is 144 Å². The van der Waals surface area contributed by atoms with E-state index in [-0.39, 0.29) is 5.92 Å². The zero-order chi connectivity index (χ0) is 18.6. The number of pyridine rings is 1. The molecule has 0 atom stereocenters. The maximum absolute atomic E-state index is 12.2. The Bertz CT molecular complexity index is 855. The summed E-state index contributed by atoms with van der Waals surface area (Å²) in [6.07, 6.45) is 1.26. The molecule has 0 fully saturated rings. The van der Waals surface area contributed by atoms with Crippen LogP contribution in [-0.2, 0) is 4.79 Å². The Hall–Kier alpha value is -3.09. The smallest absolute Gasteiger partial charge is 0.341 e. The van der Waals surface area contributed by atoms with Gasteiger partial charge in [0.15, 0.2) is 6.61 Å². The van der Waals surface area contributed by atoms with Crippen molar-refractivity contribution in [2.75, 3.05) is 11.9 Å². The second-order valence-electron chi connectivity index (χ2n) is 5.87. The number of amides is 1. The molecular weight excluding hydrogens is 324 g/mol. The molecule has 0 aliphatic heterocycles. The normalized spacial score (nSPS) is 10.6. The summed E-state index contributed by atoms with van der Waals surface area (Å²) < 4.78 is 0.740. The summed E-state index contributed by atoms with van der Waals surface area (Å²) in [4.78, 5) is 40.2. The van der Waals surface area contributed by atoms with Crippen molar-refractivity contribution in [1.82, 2.24) is 4.73 Å². The molecule has 25 heavy (non-hydrogen) atoms. The van der Waals surface area contributed by atoms with E-state index in [9.17, 15) is 14.4 Å². The number of aryl methyl sites for hydroxylation is 1. The Morgan fingerprint density at radius 1 is 1.24 bits per heavy atom.